The fourth-order valence-corrected chi connectivity index (χ4v) is 4.21. The zero-order chi connectivity index (χ0) is 19.1. The SMILES string of the molecule is CCOCC1CCCN(C(=O)CCc2nc(-c3ccc(OC)cc3)cs2)C1. The Kier molecular flexibility index (Phi) is 7.24. The number of hydrogen-bond donors (Lipinski definition) is 0. The van der Waals surface area contributed by atoms with Crippen LogP contribution in [0.15, 0.2) is 29.6 Å². The first-order valence-electron chi connectivity index (χ1n) is 9.64. The summed E-state index contributed by atoms with van der Waals surface area (Å²) in [5, 5.41) is 3.07. The van der Waals surface area contributed by atoms with Gasteiger partial charge in [-0.25, -0.2) is 4.98 Å². The second kappa shape index (κ2) is 9.85. The van der Waals surface area contributed by atoms with Gasteiger partial charge in [0.1, 0.15) is 5.75 Å². The average molecular weight is 389 g/mol. The van der Waals surface area contributed by atoms with Crippen LogP contribution in [-0.4, -0.2) is 49.2 Å². The number of nitrogens with zero attached hydrogens (tertiary/aromatic N) is 2. The highest BCUT2D eigenvalue weighted by atomic mass is 32.1. The lowest BCUT2D eigenvalue weighted by Crippen LogP contribution is -2.41. The average Bonchev–Trinajstić information content (AvgIpc) is 3.20. The predicted octanol–water partition coefficient (Wildman–Crippen LogP) is 4.03. The minimum absolute atomic E-state index is 0.234. The summed E-state index contributed by atoms with van der Waals surface area (Å²) in [5.41, 5.74) is 2.03. The van der Waals surface area contributed by atoms with E-state index in [1.807, 2.05) is 36.1 Å². The molecule has 146 valence electrons. The molecule has 5 nitrogen and oxygen atoms in total. The lowest BCUT2D eigenvalue weighted by atomic mass is 9.98. The topological polar surface area (TPSA) is 51.7 Å². The van der Waals surface area contributed by atoms with Gasteiger partial charge in [-0.15, -0.1) is 11.3 Å². The van der Waals surface area contributed by atoms with Gasteiger partial charge in [-0.2, -0.15) is 0 Å². The van der Waals surface area contributed by atoms with Crippen LogP contribution in [0.2, 0.25) is 0 Å². The fraction of sp³-hybridized carbons (Fsp3) is 0.524. The molecule has 3 rings (SSSR count). The number of hydrogen-bond acceptors (Lipinski definition) is 5. The van der Waals surface area contributed by atoms with Crippen molar-refractivity contribution in [2.24, 2.45) is 5.92 Å². The molecule has 0 bridgehead atoms. The number of benzene rings is 1. The molecule has 1 fully saturated rings. The fourth-order valence-electron chi connectivity index (χ4n) is 3.40. The van der Waals surface area contributed by atoms with E-state index in [4.69, 9.17) is 14.5 Å². The molecule has 1 unspecified atom stereocenters. The number of aromatic nitrogens is 1. The zero-order valence-corrected chi connectivity index (χ0v) is 17.0. The van der Waals surface area contributed by atoms with Gasteiger partial charge in [0.2, 0.25) is 5.91 Å². The van der Waals surface area contributed by atoms with Crippen LogP contribution >= 0.6 is 11.3 Å². The number of piperidine rings is 1. The highest BCUT2D eigenvalue weighted by Gasteiger charge is 2.23. The molecule has 0 radical (unpaired) electrons. The van der Waals surface area contributed by atoms with E-state index in [1.54, 1.807) is 18.4 Å². The largest absolute Gasteiger partial charge is 0.497 e. The molecular weight excluding hydrogens is 360 g/mol. The van der Waals surface area contributed by atoms with Crippen molar-refractivity contribution in [3.8, 4) is 17.0 Å². The van der Waals surface area contributed by atoms with Gasteiger partial charge < -0.3 is 14.4 Å². The molecule has 1 aromatic heterocycles. The lowest BCUT2D eigenvalue weighted by molar-refractivity contribution is -0.133. The third kappa shape index (κ3) is 5.53. The third-order valence-corrected chi connectivity index (χ3v) is 5.83. The number of likely N-dealkylation sites (tertiary alicyclic amines) is 1. The molecule has 0 spiro atoms. The summed E-state index contributed by atoms with van der Waals surface area (Å²) in [6.07, 6.45) is 3.45. The van der Waals surface area contributed by atoms with Gasteiger partial charge in [0.05, 0.1) is 24.4 Å². The van der Waals surface area contributed by atoms with Gasteiger partial charge in [0.25, 0.3) is 0 Å². The van der Waals surface area contributed by atoms with Crippen LogP contribution in [0.4, 0.5) is 0 Å². The number of rotatable bonds is 8. The van der Waals surface area contributed by atoms with Gasteiger partial charge in [0.15, 0.2) is 0 Å². The van der Waals surface area contributed by atoms with Gasteiger partial charge in [-0.1, -0.05) is 0 Å². The molecule has 0 N–H and O–H groups in total. The molecule has 1 aromatic carbocycles. The van der Waals surface area contributed by atoms with Crippen LogP contribution in [0.1, 0.15) is 31.2 Å². The van der Waals surface area contributed by atoms with Crippen molar-refractivity contribution in [1.29, 1.82) is 0 Å². The van der Waals surface area contributed by atoms with E-state index in [1.165, 1.54) is 0 Å². The smallest absolute Gasteiger partial charge is 0.222 e. The molecule has 1 atom stereocenters. The number of carbonyl (C=O) groups excluding carboxylic acids is 1. The van der Waals surface area contributed by atoms with E-state index >= 15 is 0 Å². The summed E-state index contributed by atoms with van der Waals surface area (Å²) in [4.78, 5) is 19.3. The van der Waals surface area contributed by atoms with Crippen LogP contribution in [0.25, 0.3) is 11.3 Å². The van der Waals surface area contributed by atoms with Crippen LogP contribution in [0.5, 0.6) is 5.75 Å². The summed E-state index contributed by atoms with van der Waals surface area (Å²) < 4.78 is 10.7. The molecule has 1 amide bonds. The van der Waals surface area contributed by atoms with Crippen LogP contribution < -0.4 is 4.74 Å². The van der Waals surface area contributed by atoms with E-state index in [9.17, 15) is 4.79 Å². The maximum atomic E-state index is 12.6. The number of amides is 1. The number of methoxy groups -OCH3 is 1. The molecular formula is C21H28N2O3S. The molecule has 2 aromatic rings. The molecule has 2 heterocycles. The molecule has 1 aliphatic heterocycles. The Morgan fingerprint density at radius 3 is 2.89 bits per heavy atom. The van der Waals surface area contributed by atoms with Crippen LogP contribution in [-0.2, 0) is 16.0 Å². The first-order chi connectivity index (χ1) is 13.2. The zero-order valence-electron chi connectivity index (χ0n) is 16.1. The third-order valence-electron chi connectivity index (χ3n) is 4.92. The lowest BCUT2D eigenvalue weighted by Gasteiger charge is -2.32. The van der Waals surface area contributed by atoms with Gasteiger partial charge in [-0.05, 0) is 49.9 Å². The molecule has 0 aliphatic carbocycles. The predicted molar refractivity (Wildman–Crippen MR) is 108 cm³/mol. The second-order valence-corrected chi connectivity index (χ2v) is 7.81. The van der Waals surface area contributed by atoms with E-state index in [0.717, 1.165) is 61.2 Å². The number of ether oxygens (including phenoxy) is 2. The molecule has 1 saturated heterocycles. The summed E-state index contributed by atoms with van der Waals surface area (Å²) in [6.45, 7) is 5.22. The van der Waals surface area contributed by atoms with Crippen LogP contribution in [0.3, 0.4) is 0 Å². The minimum atomic E-state index is 0.234. The number of carbonyl (C=O) groups is 1. The van der Waals surface area contributed by atoms with Crippen molar-refractivity contribution in [1.82, 2.24) is 9.88 Å². The molecule has 0 saturated carbocycles. The van der Waals surface area contributed by atoms with Gasteiger partial charge >= 0.3 is 0 Å². The highest BCUT2D eigenvalue weighted by Crippen LogP contribution is 2.25. The summed E-state index contributed by atoms with van der Waals surface area (Å²) in [6, 6.07) is 7.89. The second-order valence-electron chi connectivity index (χ2n) is 6.86. The van der Waals surface area contributed by atoms with Crippen molar-refractivity contribution in [2.75, 3.05) is 33.4 Å². The summed E-state index contributed by atoms with van der Waals surface area (Å²) in [5.74, 6) is 1.55. The Bertz CT molecular complexity index is 729. The highest BCUT2D eigenvalue weighted by molar-refractivity contribution is 7.09. The molecule has 27 heavy (non-hydrogen) atoms. The maximum Gasteiger partial charge on any atom is 0.222 e. The summed E-state index contributed by atoms with van der Waals surface area (Å²) >= 11 is 1.62. The Morgan fingerprint density at radius 2 is 2.15 bits per heavy atom. The van der Waals surface area contributed by atoms with Crippen LogP contribution in [0, 0.1) is 5.92 Å². The van der Waals surface area contributed by atoms with E-state index in [2.05, 4.69) is 5.38 Å². The summed E-state index contributed by atoms with van der Waals surface area (Å²) in [7, 11) is 1.66. The normalized spacial score (nSPS) is 17.1. The Labute approximate surface area is 165 Å². The monoisotopic (exact) mass is 388 g/mol. The van der Waals surface area contributed by atoms with Gasteiger partial charge in [-0.3, -0.25) is 4.79 Å². The Morgan fingerprint density at radius 1 is 1.33 bits per heavy atom. The standard InChI is InChI=1S/C21H28N2O3S/c1-3-26-14-16-5-4-12-23(13-16)21(24)11-10-20-22-19(15-27-20)17-6-8-18(25-2)9-7-17/h6-9,15-16H,3-5,10-14H2,1-2H3. The van der Waals surface area contributed by atoms with Crippen molar-refractivity contribution in [3.05, 3.63) is 34.7 Å². The first kappa shape index (κ1) is 19.8. The van der Waals surface area contributed by atoms with Crippen molar-refractivity contribution in [2.45, 2.75) is 32.6 Å². The minimum Gasteiger partial charge on any atom is -0.497 e. The Hall–Kier alpha value is -1.92. The van der Waals surface area contributed by atoms with Crippen molar-refractivity contribution in [3.63, 3.8) is 0 Å². The quantitative estimate of drug-likeness (QED) is 0.685. The Balaban J connectivity index is 1.51. The van der Waals surface area contributed by atoms with E-state index in [0.29, 0.717) is 18.8 Å². The van der Waals surface area contributed by atoms with Crippen molar-refractivity contribution < 1.29 is 14.3 Å². The molecule has 6 heteroatoms. The molecule has 1 aliphatic rings. The van der Waals surface area contributed by atoms with E-state index in [-0.39, 0.29) is 5.91 Å². The van der Waals surface area contributed by atoms with Gasteiger partial charge in [0, 0.05) is 43.5 Å². The first-order valence-corrected chi connectivity index (χ1v) is 10.5. The van der Waals surface area contributed by atoms with Crippen molar-refractivity contribution >= 4 is 17.2 Å². The maximum absolute atomic E-state index is 12.6. The van der Waals surface area contributed by atoms with E-state index < -0.39 is 0 Å². The number of thiazole rings is 1. The number of aryl methyl sites for hydroxylation is 1.